The normalized spacial score (nSPS) is 11.4. The van der Waals surface area contributed by atoms with Crippen molar-refractivity contribution in [3.05, 3.63) is 29.6 Å². The summed E-state index contributed by atoms with van der Waals surface area (Å²) in [5.74, 6) is -0.256. The van der Waals surface area contributed by atoms with Crippen molar-refractivity contribution in [2.45, 2.75) is 71.9 Å². The van der Waals surface area contributed by atoms with Crippen LogP contribution in [-0.4, -0.2) is 40.1 Å². The molecule has 0 spiro atoms. The highest BCUT2D eigenvalue weighted by Crippen LogP contribution is 2.24. The number of thiazole rings is 1. The Morgan fingerprint density at radius 2 is 1.77 bits per heavy atom. The van der Waals surface area contributed by atoms with Gasteiger partial charge in [0.05, 0.1) is 5.69 Å². The summed E-state index contributed by atoms with van der Waals surface area (Å²) in [6, 6.07) is 7.36. The molecule has 1 heterocycles. The van der Waals surface area contributed by atoms with Gasteiger partial charge in [0.2, 0.25) is 5.91 Å². The third-order valence-electron chi connectivity index (χ3n) is 4.61. The van der Waals surface area contributed by atoms with Gasteiger partial charge in [0.25, 0.3) is 0 Å². The maximum atomic E-state index is 12.8. The number of benzene rings is 1. The summed E-state index contributed by atoms with van der Waals surface area (Å²) in [5, 5.41) is 5.29. The molecule has 0 aliphatic carbocycles. The maximum Gasteiger partial charge on any atom is 0.411 e. The van der Waals surface area contributed by atoms with Crippen LogP contribution < -0.4 is 11.1 Å². The molecule has 7 nitrogen and oxygen atoms in total. The topological polar surface area (TPSA) is 97.5 Å². The van der Waals surface area contributed by atoms with Gasteiger partial charge in [-0.05, 0) is 45.7 Å². The number of amides is 2. The van der Waals surface area contributed by atoms with Crippen LogP contribution >= 0.6 is 11.3 Å². The zero-order valence-electron chi connectivity index (χ0n) is 19.1. The lowest BCUT2D eigenvalue weighted by atomic mass is 10.1. The Bertz CT molecular complexity index is 852. The summed E-state index contributed by atoms with van der Waals surface area (Å²) in [4.78, 5) is 31.5. The Kier molecular flexibility index (Phi) is 8.86. The van der Waals surface area contributed by atoms with Gasteiger partial charge in [-0.25, -0.2) is 9.78 Å². The van der Waals surface area contributed by atoms with Crippen molar-refractivity contribution in [2.75, 3.05) is 17.6 Å². The molecular weight excluding hydrogens is 412 g/mol. The van der Waals surface area contributed by atoms with E-state index < -0.39 is 11.7 Å². The molecule has 1 aromatic heterocycles. The molecule has 0 fully saturated rings. The van der Waals surface area contributed by atoms with Crippen LogP contribution in [0, 0.1) is 0 Å². The zero-order valence-corrected chi connectivity index (χ0v) is 19.9. The van der Waals surface area contributed by atoms with E-state index in [9.17, 15) is 9.59 Å². The molecule has 0 atom stereocenters. The number of carbonyl (C=O) groups is 2. The third-order valence-corrected chi connectivity index (χ3v) is 5.29. The molecule has 0 bridgehead atoms. The monoisotopic (exact) mass is 446 g/mol. The van der Waals surface area contributed by atoms with Gasteiger partial charge in [0.15, 0.2) is 5.13 Å². The van der Waals surface area contributed by atoms with E-state index in [4.69, 9.17) is 10.5 Å². The first kappa shape index (κ1) is 24.7. The Balaban J connectivity index is 2.10. The summed E-state index contributed by atoms with van der Waals surface area (Å²) in [6.07, 6.45) is 3.05. The van der Waals surface area contributed by atoms with Crippen LogP contribution in [0.4, 0.5) is 15.6 Å². The minimum Gasteiger partial charge on any atom is -0.444 e. The fourth-order valence-corrected chi connectivity index (χ4v) is 3.86. The summed E-state index contributed by atoms with van der Waals surface area (Å²) in [7, 11) is 0. The second kappa shape index (κ2) is 11.1. The van der Waals surface area contributed by atoms with Crippen LogP contribution in [0.15, 0.2) is 29.6 Å². The lowest BCUT2D eigenvalue weighted by Gasteiger charge is -2.33. The average Bonchev–Trinajstić information content (AvgIpc) is 3.11. The lowest BCUT2D eigenvalue weighted by Crippen LogP contribution is -2.47. The van der Waals surface area contributed by atoms with E-state index in [1.165, 1.54) is 11.3 Å². The maximum absolute atomic E-state index is 12.8. The fourth-order valence-electron chi connectivity index (χ4n) is 3.29. The van der Waals surface area contributed by atoms with Gasteiger partial charge < -0.3 is 15.8 Å². The van der Waals surface area contributed by atoms with Crippen LogP contribution in [0.1, 0.15) is 60.3 Å². The Labute approximate surface area is 189 Å². The second-order valence-corrected chi connectivity index (χ2v) is 9.43. The number of nitrogens with zero attached hydrogens (tertiary/aromatic N) is 2. The number of rotatable bonds is 9. The van der Waals surface area contributed by atoms with E-state index in [2.05, 4.69) is 24.1 Å². The number of aromatic nitrogens is 1. The predicted molar refractivity (Wildman–Crippen MR) is 127 cm³/mol. The highest BCUT2D eigenvalue weighted by Gasteiger charge is 2.29. The van der Waals surface area contributed by atoms with Gasteiger partial charge in [-0.2, -0.15) is 0 Å². The van der Waals surface area contributed by atoms with Gasteiger partial charge in [-0.1, -0.05) is 38.8 Å². The van der Waals surface area contributed by atoms with Crippen molar-refractivity contribution in [1.29, 1.82) is 0 Å². The summed E-state index contributed by atoms with van der Waals surface area (Å²) in [6.45, 7) is 9.59. The Morgan fingerprint density at radius 3 is 2.26 bits per heavy atom. The number of anilines is 2. The molecule has 0 saturated carbocycles. The molecule has 31 heavy (non-hydrogen) atoms. The van der Waals surface area contributed by atoms with Crippen molar-refractivity contribution in [1.82, 2.24) is 9.88 Å². The van der Waals surface area contributed by atoms with E-state index in [1.54, 1.807) is 4.90 Å². The number of nitrogen functional groups attached to an aromatic ring is 1. The molecule has 2 aromatic rings. The van der Waals surface area contributed by atoms with Gasteiger partial charge >= 0.3 is 6.09 Å². The molecule has 0 aliphatic rings. The molecular formula is C23H34N4O3S. The second-order valence-electron chi connectivity index (χ2n) is 8.54. The van der Waals surface area contributed by atoms with Gasteiger partial charge in [0.1, 0.15) is 12.1 Å². The standard InChI is InChI=1S/C23H34N4O3S/c1-6-8-18(9-7-2)27(22(29)30-23(3,4)5)14-20(28)25-17-12-10-16(11-13-17)19-15-31-21(24)26-19/h10-13,15,18H,6-9,14H2,1-5H3,(H2,24,26)(H,25,28). The molecule has 0 saturated heterocycles. The minimum atomic E-state index is -0.621. The van der Waals surface area contributed by atoms with Crippen molar-refractivity contribution < 1.29 is 14.3 Å². The minimum absolute atomic E-state index is 0.0342. The summed E-state index contributed by atoms with van der Waals surface area (Å²) in [5.41, 5.74) is 7.46. The van der Waals surface area contributed by atoms with E-state index in [0.717, 1.165) is 36.9 Å². The van der Waals surface area contributed by atoms with Crippen molar-refractivity contribution >= 4 is 34.2 Å². The first-order valence-corrected chi connectivity index (χ1v) is 11.6. The first-order chi connectivity index (χ1) is 14.6. The van der Waals surface area contributed by atoms with Crippen LogP contribution in [0.2, 0.25) is 0 Å². The summed E-state index contributed by atoms with van der Waals surface area (Å²) < 4.78 is 5.58. The van der Waals surface area contributed by atoms with Crippen molar-refractivity contribution in [3.8, 4) is 11.3 Å². The third kappa shape index (κ3) is 7.86. The van der Waals surface area contributed by atoms with Crippen LogP contribution in [0.3, 0.4) is 0 Å². The molecule has 170 valence electrons. The molecule has 8 heteroatoms. The number of hydrogen-bond donors (Lipinski definition) is 2. The van der Waals surface area contributed by atoms with E-state index >= 15 is 0 Å². The molecule has 1 aromatic carbocycles. The molecule has 0 aliphatic heterocycles. The average molecular weight is 447 g/mol. The zero-order chi connectivity index (χ0) is 23.0. The van der Waals surface area contributed by atoms with Crippen LogP contribution in [-0.2, 0) is 9.53 Å². The Morgan fingerprint density at radius 1 is 1.16 bits per heavy atom. The van der Waals surface area contributed by atoms with Crippen LogP contribution in [0.5, 0.6) is 0 Å². The predicted octanol–water partition coefficient (Wildman–Crippen LogP) is 5.54. The molecule has 2 rings (SSSR count). The highest BCUT2D eigenvalue weighted by atomic mass is 32.1. The summed E-state index contributed by atoms with van der Waals surface area (Å²) >= 11 is 1.39. The first-order valence-electron chi connectivity index (χ1n) is 10.7. The van der Waals surface area contributed by atoms with E-state index in [1.807, 2.05) is 50.4 Å². The number of nitrogens with two attached hydrogens (primary N) is 1. The molecule has 0 radical (unpaired) electrons. The number of ether oxygens (including phenoxy) is 1. The van der Waals surface area contributed by atoms with E-state index in [0.29, 0.717) is 10.8 Å². The Hall–Kier alpha value is -2.61. The SMILES string of the molecule is CCCC(CCC)N(CC(=O)Nc1ccc(-c2csc(N)n2)cc1)C(=O)OC(C)(C)C. The fraction of sp³-hybridized carbons (Fsp3) is 0.522. The molecule has 0 unspecified atom stereocenters. The quantitative estimate of drug-likeness (QED) is 0.527. The van der Waals surface area contributed by atoms with Gasteiger partial charge in [0, 0.05) is 22.7 Å². The van der Waals surface area contributed by atoms with Crippen LogP contribution in [0.25, 0.3) is 11.3 Å². The van der Waals surface area contributed by atoms with Gasteiger partial charge in [-0.15, -0.1) is 11.3 Å². The molecule has 2 amide bonds. The van der Waals surface area contributed by atoms with Gasteiger partial charge in [-0.3, -0.25) is 9.69 Å². The number of nitrogens with one attached hydrogen (secondary N) is 1. The smallest absolute Gasteiger partial charge is 0.411 e. The highest BCUT2D eigenvalue weighted by molar-refractivity contribution is 7.13. The van der Waals surface area contributed by atoms with Crippen molar-refractivity contribution in [2.24, 2.45) is 0 Å². The molecule has 3 N–H and O–H groups in total. The van der Waals surface area contributed by atoms with Crippen molar-refractivity contribution in [3.63, 3.8) is 0 Å². The van der Waals surface area contributed by atoms with E-state index in [-0.39, 0.29) is 18.5 Å². The number of hydrogen-bond acceptors (Lipinski definition) is 6. The lowest BCUT2D eigenvalue weighted by molar-refractivity contribution is -0.118. The largest absolute Gasteiger partial charge is 0.444 e. The number of carbonyl (C=O) groups excluding carboxylic acids is 2.